The molecule has 0 bridgehead atoms. The van der Waals surface area contributed by atoms with Gasteiger partial charge in [0.1, 0.15) is 6.20 Å². The Morgan fingerprint density at radius 2 is 2.17 bits per heavy atom. The average Bonchev–Trinajstić information content (AvgIpc) is 2.24. The fraction of sp³-hybridized carbons (Fsp3) is 0.500. The van der Waals surface area contributed by atoms with Gasteiger partial charge >= 0.3 is 17.6 Å². The van der Waals surface area contributed by atoms with E-state index in [-0.39, 0.29) is 13.1 Å². The van der Waals surface area contributed by atoms with Crippen molar-refractivity contribution in [3.8, 4) is 0 Å². The number of hydrogen-bond acceptors (Lipinski definition) is 5. The number of nitrogens with one attached hydrogen (secondary N) is 1. The lowest BCUT2D eigenvalue weighted by molar-refractivity contribution is -0.385. The van der Waals surface area contributed by atoms with E-state index in [1.807, 2.05) is 0 Å². The first-order valence-corrected chi connectivity index (χ1v) is 4.78. The van der Waals surface area contributed by atoms with Gasteiger partial charge in [-0.2, -0.15) is 18.2 Å². The third-order valence-electron chi connectivity index (χ3n) is 1.91. The van der Waals surface area contributed by atoms with Gasteiger partial charge in [-0.25, -0.2) is 4.79 Å². The summed E-state index contributed by atoms with van der Waals surface area (Å²) in [6.07, 6.45) is -2.61. The fourth-order valence-electron chi connectivity index (χ4n) is 1.13. The van der Waals surface area contributed by atoms with Crippen molar-refractivity contribution in [2.24, 2.45) is 0 Å². The number of halogens is 3. The highest BCUT2D eigenvalue weighted by molar-refractivity contribution is 5.20. The maximum atomic E-state index is 11.8. The topological polar surface area (TPSA) is 90.1 Å². The summed E-state index contributed by atoms with van der Waals surface area (Å²) in [6.45, 7) is -1.48. The van der Waals surface area contributed by atoms with Crippen molar-refractivity contribution in [1.82, 2.24) is 14.9 Å². The number of aromatic nitrogens is 2. The second-order valence-corrected chi connectivity index (χ2v) is 3.34. The normalized spacial score (nSPS) is 11.5. The molecule has 0 aliphatic rings. The van der Waals surface area contributed by atoms with Crippen LogP contribution in [0.15, 0.2) is 17.2 Å². The van der Waals surface area contributed by atoms with Crippen LogP contribution < -0.4 is 11.0 Å². The van der Waals surface area contributed by atoms with Crippen molar-refractivity contribution in [2.75, 3.05) is 13.1 Å². The lowest BCUT2D eigenvalue weighted by atomic mass is 10.5. The first-order valence-electron chi connectivity index (χ1n) is 4.78. The van der Waals surface area contributed by atoms with Crippen LogP contribution in [0.1, 0.15) is 0 Å². The molecule has 1 rings (SSSR count). The number of nitro groups is 1. The Morgan fingerprint density at radius 1 is 1.50 bits per heavy atom. The first-order chi connectivity index (χ1) is 8.29. The van der Waals surface area contributed by atoms with Crippen LogP contribution in [0.5, 0.6) is 0 Å². The van der Waals surface area contributed by atoms with Crippen LogP contribution in [0.25, 0.3) is 0 Å². The second kappa shape index (κ2) is 5.58. The quantitative estimate of drug-likeness (QED) is 0.470. The average molecular weight is 266 g/mol. The maximum absolute atomic E-state index is 11.8. The molecule has 10 heteroatoms. The number of alkyl halides is 3. The molecule has 0 fully saturated rings. The predicted octanol–water partition coefficient (Wildman–Crippen LogP) is 0.303. The molecule has 0 radical (unpaired) electrons. The van der Waals surface area contributed by atoms with Gasteiger partial charge in [0.2, 0.25) is 0 Å². The highest BCUT2D eigenvalue weighted by Gasteiger charge is 2.25. The zero-order valence-electron chi connectivity index (χ0n) is 8.98. The van der Waals surface area contributed by atoms with Gasteiger partial charge in [-0.3, -0.25) is 14.7 Å². The minimum absolute atomic E-state index is 0.135. The molecular weight excluding hydrogens is 257 g/mol. The minimum atomic E-state index is -4.34. The largest absolute Gasteiger partial charge is 0.401 e. The van der Waals surface area contributed by atoms with Gasteiger partial charge < -0.3 is 5.32 Å². The summed E-state index contributed by atoms with van der Waals surface area (Å²) in [6, 6.07) is 0. The highest BCUT2D eigenvalue weighted by Crippen LogP contribution is 2.11. The number of rotatable bonds is 5. The molecule has 0 unspecified atom stereocenters. The zero-order valence-corrected chi connectivity index (χ0v) is 8.98. The van der Waals surface area contributed by atoms with Crippen LogP contribution in [0.3, 0.4) is 0 Å². The molecule has 0 spiro atoms. The van der Waals surface area contributed by atoms with Gasteiger partial charge in [0.25, 0.3) is 0 Å². The lowest BCUT2D eigenvalue weighted by Crippen LogP contribution is -2.33. The van der Waals surface area contributed by atoms with Crippen molar-refractivity contribution < 1.29 is 18.1 Å². The third-order valence-corrected chi connectivity index (χ3v) is 1.91. The van der Waals surface area contributed by atoms with Gasteiger partial charge in [0.15, 0.2) is 0 Å². The van der Waals surface area contributed by atoms with E-state index in [0.29, 0.717) is 0 Å². The van der Waals surface area contributed by atoms with E-state index in [1.54, 1.807) is 0 Å². The summed E-state index contributed by atoms with van der Waals surface area (Å²) in [5, 5.41) is 12.5. The summed E-state index contributed by atoms with van der Waals surface area (Å²) >= 11 is 0. The molecule has 0 aromatic carbocycles. The molecule has 0 aliphatic carbocycles. The zero-order chi connectivity index (χ0) is 13.8. The predicted molar refractivity (Wildman–Crippen MR) is 54.1 cm³/mol. The Balaban J connectivity index is 2.59. The van der Waals surface area contributed by atoms with Crippen molar-refractivity contribution >= 4 is 5.69 Å². The Bertz CT molecular complexity index is 485. The van der Waals surface area contributed by atoms with Crippen LogP contribution in [-0.4, -0.2) is 33.7 Å². The molecule has 1 N–H and O–H groups in total. The van der Waals surface area contributed by atoms with Crippen molar-refractivity contribution in [3.05, 3.63) is 33.0 Å². The smallest absolute Gasteiger partial charge is 0.307 e. The SMILES string of the molecule is O=c1ncc([N+](=O)[O-])cn1CCNCC(F)(F)F. The van der Waals surface area contributed by atoms with Gasteiger partial charge in [-0.15, -0.1) is 0 Å². The van der Waals surface area contributed by atoms with E-state index in [1.165, 1.54) is 0 Å². The standard InChI is InChI=1S/C8H9F3N4O3/c9-8(10,11)5-12-1-2-14-4-6(15(17)18)3-13-7(14)16/h3-4,12H,1-2,5H2. The molecular formula is C8H9F3N4O3. The Labute approximate surface area is 98.4 Å². The summed E-state index contributed by atoms with van der Waals surface area (Å²) < 4.78 is 36.3. The molecule has 1 aromatic heterocycles. The van der Waals surface area contributed by atoms with Crippen molar-refractivity contribution in [1.29, 1.82) is 0 Å². The lowest BCUT2D eigenvalue weighted by Gasteiger charge is -2.08. The van der Waals surface area contributed by atoms with E-state index >= 15 is 0 Å². The Hall–Kier alpha value is -1.97. The Kier molecular flexibility index (Phi) is 4.37. The fourth-order valence-corrected chi connectivity index (χ4v) is 1.13. The monoisotopic (exact) mass is 266 g/mol. The summed E-state index contributed by atoms with van der Waals surface area (Å²) in [7, 11) is 0. The van der Waals surface area contributed by atoms with Crippen LogP contribution in [-0.2, 0) is 6.54 Å². The molecule has 18 heavy (non-hydrogen) atoms. The summed E-state index contributed by atoms with van der Waals surface area (Å²) in [5.41, 5.74) is -1.15. The molecule has 0 aliphatic heterocycles. The van der Waals surface area contributed by atoms with Gasteiger partial charge in [0, 0.05) is 13.1 Å². The van der Waals surface area contributed by atoms with Crippen molar-refractivity contribution in [2.45, 2.75) is 12.7 Å². The minimum Gasteiger partial charge on any atom is -0.307 e. The molecule has 7 nitrogen and oxygen atoms in total. The van der Waals surface area contributed by atoms with Crippen LogP contribution in [0.4, 0.5) is 18.9 Å². The second-order valence-electron chi connectivity index (χ2n) is 3.34. The van der Waals surface area contributed by atoms with Crippen LogP contribution in [0, 0.1) is 10.1 Å². The number of hydrogen-bond donors (Lipinski definition) is 1. The maximum Gasteiger partial charge on any atom is 0.401 e. The third kappa shape index (κ3) is 4.49. The molecule has 1 heterocycles. The Morgan fingerprint density at radius 3 is 2.72 bits per heavy atom. The van der Waals surface area contributed by atoms with E-state index in [9.17, 15) is 28.1 Å². The van der Waals surface area contributed by atoms with E-state index < -0.39 is 29.0 Å². The highest BCUT2D eigenvalue weighted by atomic mass is 19.4. The van der Waals surface area contributed by atoms with Gasteiger partial charge in [0.05, 0.1) is 17.7 Å². The molecule has 0 atom stereocenters. The number of nitrogens with zero attached hydrogens (tertiary/aromatic N) is 3. The van der Waals surface area contributed by atoms with Crippen molar-refractivity contribution in [3.63, 3.8) is 0 Å². The summed E-state index contributed by atoms with van der Waals surface area (Å²) in [4.78, 5) is 24.1. The van der Waals surface area contributed by atoms with Gasteiger partial charge in [-0.05, 0) is 0 Å². The summed E-state index contributed by atoms with van der Waals surface area (Å²) in [5.74, 6) is 0. The molecule has 0 saturated heterocycles. The van der Waals surface area contributed by atoms with E-state index in [0.717, 1.165) is 17.0 Å². The molecule has 100 valence electrons. The van der Waals surface area contributed by atoms with Crippen LogP contribution in [0.2, 0.25) is 0 Å². The molecule has 1 aromatic rings. The van der Waals surface area contributed by atoms with E-state index in [2.05, 4.69) is 10.3 Å². The van der Waals surface area contributed by atoms with Gasteiger partial charge in [-0.1, -0.05) is 0 Å². The first kappa shape index (κ1) is 14.1. The van der Waals surface area contributed by atoms with E-state index in [4.69, 9.17) is 0 Å². The molecule has 0 amide bonds. The molecule has 0 saturated carbocycles. The van der Waals surface area contributed by atoms with Crippen LogP contribution >= 0.6 is 0 Å².